The second kappa shape index (κ2) is 6.16. The molecule has 15 heavy (non-hydrogen) atoms. The Balaban J connectivity index is 0.000000162. The summed E-state index contributed by atoms with van der Waals surface area (Å²) >= 11 is 0. The monoisotopic (exact) mass is 209 g/mol. The van der Waals surface area contributed by atoms with Crippen LogP contribution in [0.4, 0.5) is 0 Å². The summed E-state index contributed by atoms with van der Waals surface area (Å²) in [5.41, 5.74) is 0. The third-order valence-corrected chi connectivity index (χ3v) is 2.18. The molecule has 0 radical (unpaired) electrons. The van der Waals surface area contributed by atoms with E-state index in [-0.39, 0.29) is 0 Å². The number of carboxylic acid groups (broad SMARTS) is 1. The molecule has 1 aromatic rings. The molecule has 0 spiro atoms. The number of carboxylic acids is 1. The van der Waals surface area contributed by atoms with E-state index in [9.17, 15) is 4.79 Å². The minimum Gasteiger partial charge on any atom is -0.480 e. The summed E-state index contributed by atoms with van der Waals surface area (Å²) in [6.45, 7) is 0.483. The molecule has 1 aromatic carbocycles. The van der Waals surface area contributed by atoms with Gasteiger partial charge in [-0.3, -0.25) is 4.79 Å². The number of rotatable bonds is 1. The molecule has 1 fully saturated rings. The van der Waals surface area contributed by atoms with Crippen molar-refractivity contribution in [3.63, 3.8) is 0 Å². The Morgan fingerprint density at radius 2 is 1.60 bits per heavy atom. The van der Waals surface area contributed by atoms with Crippen LogP contribution in [0.2, 0.25) is 0 Å². The number of hydrogen-bond donors (Lipinski definition) is 2. The fourth-order valence-electron chi connectivity index (χ4n) is 1.39. The van der Waals surface area contributed by atoms with Crippen LogP contribution in [0.15, 0.2) is 36.4 Å². The Hall–Kier alpha value is -1.39. The highest BCUT2D eigenvalue weighted by atomic mass is 16.5. The van der Waals surface area contributed by atoms with Crippen molar-refractivity contribution in [2.75, 3.05) is 6.54 Å². The lowest BCUT2D eigenvalue weighted by atomic mass is 10.2. The zero-order chi connectivity index (χ0) is 11.1. The van der Waals surface area contributed by atoms with E-state index in [0.717, 1.165) is 11.5 Å². The average molecular weight is 209 g/mol. The molecule has 2 rings (SSSR count). The third kappa shape index (κ3) is 4.10. The van der Waals surface area contributed by atoms with E-state index in [4.69, 9.17) is 10.3 Å². The molecule has 4 heteroatoms. The maximum atomic E-state index is 10.2. The van der Waals surface area contributed by atoms with Gasteiger partial charge in [-0.05, 0) is 12.8 Å². The maximum Gasteiger partial charge on any atom is 0.323 e. The molecule has 0 amide bonds. The van der Waals surface area contributed by atoms with Gasteiger partial charge in [0.15, 0.2) is 0 Å². The molecule has 1 aliphatic rings. The lowest BCUT2D eigenvalue weighted by Crippen LogP contribution is -2.32. The third-order valence-electron chi connectivity index (χ3n) is 2.18. The zero-order valence-electron chi connectivity index (χ0n) is 8.41. The number of nitrogens with zero attached hydrogens (tertiary/aromatic N) is 1. The SMILES string of the molecule is O=C(O)C1CCCN1O.c1ccccc1. The van der Waals surface area contributed by atoms with Gasteiger partial charge in [-0.2, -0.15) is 5.06 Å². The molecule has 1 heterocycles. The highest BCUT2D eigenvalue weighted by Gasteiger charge is 2.28. The molecule has 4 nitrogen and oxygen atoms in total. The van der Waals surface area contributed by atoms with E-state index in [2.05, 4.69) is 0 Å². The van der Waals surface area contributed by atoms with Gasteiger partial charge in [0.1, 0.15) is 6.04 Å². The fraction of sp³-hybridized carbons (Fsp3) is 0.364. The summed E-state index contributed by atoms with van der Waals surface area (Å²) in [5.74, 6) is -0.935. The van der Waals surface area contributed by atoms with Crippen molar-refractivity contribution in [2.24, 2.45) is 0 Å². The van der Waals surface area contributed by atoms with Gasteiger partial charge < -0.3 is 10.3 Å². The number of hydrogen-bond acceptors (Lipinski definition) is 3. The molecular formula is C11H15NO3. The highest BCUT2D eigenvalue weighted by molar-refractivity contribution is 5.73. The van der Waals surface area contributed by atoms with Gasteiger partial charge in [-0.15, -0.1) is 0 Å². The van der Waals surface area contributed by atoms with E-state index in [1.54, 1.807) is 0 Å². The van der Waals surface area contributed by atoms with Crippen molar-refractivity contribution >= 4 is 5.97 Å². The molecule has 0 bridgehead atoms. The lowest BCUT2D eigenvalue weighted by molar-refractivity contribution is -0.160. The minimum absolute atomic E-state index is 0.483. The molecule has 1 unspecified atom stereocenters. The predicted molar refractivity (Wildman–Crippen MR) is 55.6 cm³/mol. The standard InChI is InChI=1S/C6H6.C5H9NO3/c1-2-4-6-5-3-1;7-5(8)4-2-1-3-6(4)9/h1-6H;4,9H,1-3H2,(H,7,8). The summed E-state index contributed by atoms with van der Waals surface area (Å²) in [7, 11) is 0. The van der Waals surface area contributed by atoms with Crippen molar-refractivity contribution in [1.82, 2.24) is 5.06 Å². The van der Waals surface area contributed by atoms with Crippen LogP contribution in [0.5, 0.6) is 0 Å². The van der Waals surface area contributed by atoms with Crippen LogP contribution in [0.3, 0.4) is 0 Å². The molecule has 1 aliphatic heterocycles. The molecule has 0 aromatic heterocycles. The Bertz CT molecular complexity index is 262. The lowest BCUT2D eigenvalue weighted by Gasteiger charge is -2.11. The van der Waals surface area contributed by atoms with Crippen LogP contribution in [-0.2, 0) is 4.79 Å². The van der Waals surface area contributed by atoms with Gasteiger partial charge in [0.25, 0.3) is 0 Å². The van der Waals surface area contributed by atoms with Crippen molar-refractivity contribution < 1.29 is 15.1 Å². The highest BCUT2D eigenvalue weighted by Crippen LogP contribution is 2.13. The van der Waals surface area contributed by atoms with Gasteiger partial charge in [-0.1, -0.05) is 36.4 Å². The fourth-order valence-corrected chi connectivity index (χ4v) is 1.39. The molecule has 0 saturated carbocycles. The summed E-state index contributed by atoms with van der Waals surface area (Å²) < 4.78 is 0. The van der Waals surface area contributed by atoms with E-state index in [1.807, 2.05) is 36.4 Å². The summed E-state index contributed by atoms with van der Waals surface area (Å²) in [6.07, 6.45) is 1.33. The van der Waals surface area contributed by atoms with E-state index in [0.29, 0.717) is 13.0 Å². The van der Waals surface area contributed by atoms with Gasteiger partial charge in [-0.25, -0.2) is 0 Å². The van der Waals surface area contributed by atoms with Crippen molar-refractivity contribution in [3.8, 4) is 0 Å². The smallest absolute Gasteiger partial charge is 0.323 e. The van der Waals surface area contributed by atoms with Crippen LogP contribution in [-0.4, -0.2) is 33.9 Å². The number of carbonyl (C=O) groups is 1. The van der Waals surface area contributed by atoms with Crippen molar-refractivity contribution in [2.45, 2.75) is 18.9 Å². The molecular weight excluding hydrogens is 194 g/mol. The topological polar surface area (TPSA) is 60.8 Å². The number of aliphatic carboxylic acids is 1. The van der Waals surface area contributed by atoms with Gasteiger partial charge in [0.2, 0.25) is 0 Å². The van der Waals surface area contributed by atoms with Crippen LogP contribution in [0.1, 0.15) is 12.8 Å². The van der Waals surface area contributed by atoms with Crippen LogP contribution >= 0.6 is 0 Å². The summed E-state index contributed by atoms with van der Waals surface area (Å²) in [5, 5.41) is 18.1. The Labute approximate surface area is 88.7 Å². The second-order valence-electron chi connectivity index (χ2n) is 3.31. The van der Waals surface area contributed by atoms with Crippen molar-refractivity contribution in [3.05, 3.63) is 36.4 Å². The molecule has 1 saturated heterocycles. The first-order chi connectivity index (χ1) is 7.22. The zero-order valence-corrected chi connectivity index (χ0v) is 8.41. The second-order valence-corrected chi connectivity index (χ2v) is 3.31. The van der Waals surface area contributed by atoms with E-state index < -0.39 is 12.0 Å². The van der Waals surface area contributed by atoms with E-state index in [1.165, 1.54) is 0 Å². The summed E-state index contributed by atoms with van der Waals surface area (Å²) in [6, 6.07) is 11.3. The molecule has 82 valence electrons. The van der Waals surface area contributed by atoms with Crippen molar-refractivity contribution in [1.29, 1.82) is 0 Å². The normalized spacial score (nSPS) is 20.5. The van der Waals surface area contributed by atoms with Crippen LogP contribution in [0.25, 0.3) is 0 Å². The molecule has 2 N–H and O–H groups in total. The van der Waals surface area contributed by atoms with Crippen LogP contribution in [0, 0.1) is 0 Å². The molecule has 0 aliphatic carbocycles. The molecule has 1 atom stereocenters. The first-order valence-electron chi connectivity index (χ1n) is 4.90. The maximum absolute atomic E-state index is 10.2. The first-order valence-corrected chi connectivity index (χ1v) is 4.90. The Morgan fingerprint density at radius 1 is 1.13 bits per heavy atom. The number of benzene rings is 1. The Kier molecular flexibility index (Phi) is 4.80. The minimum atomic E-state index is -0.935. The predicted octanol–water partition coefficient (Wildman–Crippen LogP) is 1.61. The first kappa shape index (κ1) is 11.7. The summed E-state index contributed by atoms with van der Waals surface area (Å²) in [4.78, 5) is 10.2. The Morgan fingerprint density at radius 3 is 1.80 bits per heavy atom. The van der Waals surface area contributed by atoms with Gasteiger partial charge in [0, 0.05) is 6.54 Å². The number of hydroxylamine groups is 2. The largest absolute Gasteiger partial charge is 0.480 e. The van der Waals surface area contributed by atoms with Gasteiger partial charge >= 0.3 is 5.97 Å². The van der Waals surface area contributed by atoms with E-state index >= 15 is 0 Å². The van der Waals surface area contributed by atoms with Gasteiger partial charge in [0.05, 0.1) is 0 Å². The quantitative estimate of drug-likeness (QED) is 0.737. The van der Waals surface area contributed by atoms with Crippen LogP contribution < -0.4 is 0 Å². The average Bonchev–Trinajstić information content (AvgIpc) is 2.68.